The number of hydrogen-bond acceptors (Lipinski definition) is 4. The number of aliphatic hydroxyl groups excluding tert-OH is 2. The third kappa shape index (κ3) is 6.81. The fourth-order valence-electron chi connectivity index (χ4n) is 2.75. The number of benzene rings is 2. The molecule has 4 heteroatoms. The molecule has 4 nitrogen and oxygen atoms in total. The highest BCUT2D eigenvalue weighted by Crippen LogP contribution is 2.04. The number of hydrogen-bond donors (Lipinski definition) is 4. The van der Waals surface area contributed by atoms with Crippen LogP contribution >= 0.6 is 0 Å². The van der Waals surface area contributed by atoms with Crippen LogP contribution in [-0.2, 0) is 12.8 Å². The SMILES string of the molecule is OCC(Cc1ccccc1)NCCNC(CO)Cc1ccccc1. The molecule has 2 rings (SSSR count). The van der Waals surface area contributed by atoms with Crippen LogP contribution in [0.3, 0.4) is 0 Å². The molecule has 0 amide bonds. The van der Waals surface area contributed by atoms with Crippen molar-refractivity contribution in [2.24, 2.45) is 0 Å². The number of aliphatic hydroxyl groups is 2. The lowest BCUT2D eigenvalue weighted by Crippen LogP contribution is -2.42. The van der Waals surface area contributed by atoms with Crippen molar-refractivity contribution >= 4 is 0 Å². The molecular formula is C20H28N2O2. The third-order valence-electron chi connectivity index (χ3n) is 4.08. The lowest BCUT2D eigenvalue weighted by atomic mass is 10.1. The predicted octanol–water partition coefficient (Wildman–Crippen LogP) is 1.37. The lowest BCUT2D eigenvalue weighted by molar-refractivity contribution is 0.231. The molecular weight excluding hydrogens is 300 g/mol. The van der Waals surface area contributed by atoms with Crippen molar-refractivity contribution in [1.82, 2.24) is 10.6 Å². The van der Waals surface area contributed by atoms with E-state index in [1.165, 1.54) is 11.1 Å². The monoisotopic (exact) mass is 328 g/mol. The van der Waals surface area contributed by atoms with Gasteiger partial charge in [-0.05, 0) is 24.0 Å². The van der Waals surface area contributed by atoms with Gasteiger partial charge >= 0.3 is 0 Å². The van der Waals surface area contributed by atoms with E-state index in [-0.39, 0.29) is 25.3 Å². The molecule has 0 spiro atoms. The van der Waals surface area contributed by atoms with E-state index < -0.39 is 0 Å². The van der Waals surface area contributed by atoms with Crippen molar-refractivity contribution < 1.29 is 10.2 Å². The number of rotatable bonds is 11. The molecule has 2 aromatic rings. The summed E-state index contributed by atoms with van der Waals surface area (Å²) in [6.07, 6.45) is 1.62. The van der Waals surface area contributed by atoms with Crippen LogP contribution in [0.15, 0.2) is 60.7 Å². The Kier molecular flexibility index (Phi) is 8.49. The van der Waals surface area contributed by atoms with Gasteiger partial charge in [0, 0.05) is 25.2 Å². The average molecular weight is 328 g/mol. The fraction of sp³-hybridized carbons (Fsp3) is 0.400. The van der Waals surface area contributed by atoms with Gasteiger partial charge in [0.25, 0.3) is 0 Å². The molecule has 0 radical (unpaired) electrons. The van der Waals surface area contributed by atoms with Crippen LogP contribution in [0.4, 0.5) is 0 Å². The fourth-order valence-corrected chi connectivity index (χ4v) is 2.75. The molecule has 0 aliphatic rings. The largest absolute Gasteiger partial charge is 0.395 e. The minimum Gasteiger partial charge on any atom is -0.395 e. The summed E-state index contributed by atoms with van der Waals surface area (Å²) in [5.74, 6) is 0. The van der Waals surface area contributed by atoms with Gasteiger partial charge in [-0.25, -0.2) is 0 Å². The molecule has 4 N–H and O–H groups in total. The second-order valence-electron chi connectivity index (χ2n) is 6.05. The van der Waals surface area contributed by atoms with Crippen LogP contribution in [0.2, 0.25) is 0 Å². The van der Waals surface area contributed by atoms with Gasteiger partial charge in [-0.3, -0.25) is 0 Å². The van der Waals surface area contributed by atoms with Crippen LogP contribution in [0, 0.1) is 0 Å². The van der Waals surface area contributed by atoms with Crippen LogP contribution in [0.25, 0.3) is 0 Å². The smallest absolute Gasteiger partial charge is 0.0587 e. The summed E-state index contributed by atoms with van der Waals surface area (Å²) in [5.41, 5.74) is 2.43. The summed E-state index contributed by atoms with van der Waals surface area (Å²) in [4.78, 5) is 0. The van der Waals surface area contributed by atoms with Gasteiger partial charge in [-0.2, -0.15) is 0 Å². The van der Waals surface area contributed by atoms with Gasteiger partial charge in [0.05, 0.1) is 13.2 Å². The molecule has 0 bridgehead atoms. The maximum Gasteiger partial charge on any atom is 0.0587 e. The Hall–Kier alpha value is -1.72. The van der Waals surface area contributed by atoms with Crippen LogP contribution in [0.5, 0.6) is 0 Å². The highest BCUT2D eigenvalue weighted by molar-refractivity contribution is 5.16. The first kappa shape index (κ1) is 18.6. The van der Waals surface area contributed by atoms with Crippen molar-refractivity contribution in [3.8, 4) is 0 Å². The Morgan fingerprint density at radius 1 is 0.625 bits per heavy atom. The molecule has 2 atom stereocenters. The van der Waals surface area contributed by atoms with Crippen LogP contribution < -0.4 is 10.6 Å². The Labute approximate surface area is 144 Å². The first-order valence-electron chi connectivity index (χ1n) is 8.58. The summed E-state index contributed by atoms with van der Waals surface area (Å²) in [6, 6.07) is 20.4. The average Bonchev–Trinajstić information content (AvgIpc) is 2.64. The van der Waals surface area contributed by atoms with E-state index in [1.54, 1.807) is 0 Å². The molecule has 0 saturated heterocycles. The summed E-state index contributed by atoms with van der Waals surface area (Å²) < 4.78 is 0. The maximum atomic E-state index is 9.51. The second-order valence-corrected chi connectivity index (χ2v) is 6.05. The number of nitrogens with one attached hydrogen (secondary N) is 2. The molecule has 0 aliphatic heterocycles. The molecule has 0 aromatic heterocycles. The van der Waals surface area contributed by atoms with Crippen molar-refractivity contribution in [3.05, 3.63) is 71.8 Å². The standard InChI is InChI=1S/C20H28N2O2/c23-15-19(13-17-7-3-1-4-8-17)21-11-12-22-20(16-24)14-18-9-5-2-6-10-18/h1-10,19-24H,11-16H2. The third-order valence-corrected chi connectivity index (χ3v) is 4.08. The highest BCUT2D eigenvalue weighted by atomic mass is 16.3. The van der Waals surface area contributed by atoms with E-state index in [9.17, 15) is 10.2 Å². The topological polar surface area (TPSA) is 64.5 Å². The molecule has 0 saturated carbocycles. The zero-order valence-electron chi connectivity index (χ0n) is 14.1. The van der Waals surface area contributed by atoms with Gasteiger partial charge in [-0.1, -0.05) is 60.7 Å². The van der Waals surface area contributed by atoms with Gasteiger partial charge in [0.15, 0.2) is 0 Å². The Bertz CT molecular complexity index is 497. The first-order chi connectivity index (χ1) is 11.8. The van der Waals surface area contributed by atoms with Gasteiger partial charge < -0.3 is 20.8 Å². The van der Waals surface area contributed by atoms with Gasteiger partial charge in [-0.15, -0.1) is 0 Å². The Morgan fingerprint density at radius 3 is 1.33 bits per heavy atom. The minimum absolute atomic E-state index is 0.0518. The Balaban J connectivity index is 1.68. The minimum atomic E-state index is 0.0518. The second kappa shape index (κ2) is 10.9. The molecule has 2 unspecified atom stereocenters. The Morgan fingerprint density at radius 2 is 1.00 bits per heavy atom. The van der Waals surface area contributed by atoms with Crippen molar-refractivity contribution in [2.45, 2.75) is 24.9 Å². The summed E-state index contributed by atoms with van der Waals surface area (Å²) in [6.45, 7) is 1.73. The van der Waals surface area contributed by atoms with Gasteiger partial charge in [0.1, 0.15) is 0 Å². The predicted molar refractivity (Wildman–Crippen MR) is 98.0 cm³/mol. The molecule has 2 aromatic carbocycles. The summed E-state index contributed by atoms with van der Waals surface area (Å²) in [7, 11) is 0. The molecule has 0 fully saturated rings. The van der Waals surface area contributed by atoms with Gasteiger partial charge in [0.2, 0.25) is 0 Å². The molecule has 24 heavy (non-hydrogen) atoms. The zero-order valence-corrected chi connectivity index (χ0v) is 14.1. The lowest BCUT2D eigenvalue weighted by Gasteiger charge is -2.19. The van der Waals surface area contributed by atoms with Crippen molar-refractivity contribution in [3.63, 3.8) is 0 Å². The van der Waals surface area contributed by atoms with Crippen molar-refractivity contribution in [1.29, 1.82) is 0 Å². The molecule has 130 valence electrons. The van der Waals surface area contributed by atoms with E-state index >= 15 is 0 Å². The maximum absolute atomic E-state index is 9.51. The normalized spacial score (nSPS) is 13.6. The quantitative estimate of drug-likeness (QED) is 0.471. The van der Waals surface area contributed by atoms with E-state index in [0.29, 0.717) is 0 Å². The molecule has 0 heterocycles. The van der Waals surface area contributed by atoms with Crippen molar-refractivity contribution in [2.75, 3.05) is 26.3 Å². The van der Waals surface area contributed by atoms with E-state index in [1.807, 2.05) is 36.4 Å². The summed E-state index contributed by atoms with van der Waals surface area (Å²) >= 11 is 0. The van der Waals surface area contributed by atoms with Crippen LogP contribution in [-0.4, -0.2) is 48.6 Å². The van der Waals surface area contributed by atoms with E-state index in [0.717, 1.165) is 25.9 Å². The van der Waals surface area contributed by atoms with E-state index in [2.05, 4.69) is 34.9 Å². The zero-order chi connectivity index (χ0) is 17.0. The first-order valence-corrected chi connectivity index (χ1v) is 8.58. The summed E-state index contributed by atoms with van der Waals surface area (Å²) in [5, 5.41) is 25.8. The van der Waals surface area contributed by atoms with E-state index in [4.69, 9.17) is 0 Å². The van der Waals surface area contributed by atoms with Crippen LogP contribution in [0.1, 0.15) is 11.1 Å². The molecule has 0 aliphatic carbocycles. The highest BCUT2D eigenvalue weighted by Gasteiger charge is 2.09.